The second-order valence-electron chi connectivity index (χ2n) is 5.24. The van der Waals surface area contributed by atoms with Crippen LogP contribution in [0, 0.1) is 0 Å². The number of nitrogens with two attached hydrogens (primary N) is 1. The molecule has 0 amide bonds. The van der Waals surface area contributed by atoms with Crippen LogP contribution < -0.4 is 15.4 Å². The van der Waals surface area contributed by atoms with Crippen LogP contribution >= 0.6 is 0 Å². The molecule has 0 spiro atoms. The molecule has 0 aromatic carbocycles. The zero-order chi connectivity index (χ0) is 14.5. The molecule has 0 bridgehead atoms. The van der Waals surface area contributed by atoms with Gasteiger partial charge in [0.15, 0.2) is 0 Å². The topological polar surface area (TPSA) is 80.4 Å². The molecule has 0 radical (unpaired) electrons. The molecule has 7 nitrogen and oxygen atoms in total. The van der Waals surface area contributed by atoms with Gasteiger partial charge in [-0.05, 0) is 20.3 Å². The number of anilines is 2. The molecule has 1 aromatic heterocycles. The van der Waals surface area contributed by atoms with Crippen molar-refractivity contribution >= 4 is 11.9 Å². The minimum Gasteiger partial charge on any atom is -0.463 e. The van der Waals surface area contributed by atoms with Gasteiger partial charge in [0.05, 0.1) is 6.61 Å². The smallest absolute Gasteiger partial charge is 0.323 e. The molecule has 2 rings (SSSR count). The van der Waals surface area contributed by atoms with Gasteiger partial charge in [0, 0.05) is 32.2 Å². The maximum absolute atomic E-state index is 5.73. The normalized spacial score (nSPS) is 16.7. The summed E-state index contributed by atoms with van der Waals surface area (Å²) in [6.07, 6.45) is 0.911. The SMILES string of the molecule is CCCOc1nc(N)nc(N2CCN(C(C)C)CC2)n1. The molecule has 1 aromatic rings. The standard InChI is InChI=1S/C13H24N6O/c1-4-9-20-13-16-11(14)15-12(17-13)19-7-5-18(6-8-19)10(2)3/h10H,4-9H2,1-3H3,(H2,14,15,16,17). The zero-order valence-corrected chi connectivity index (χ0v) is 12.5. The first-order valence-corrected chi connectivity index (χ1v) is 7.23. The van der Waals surface area contributed by atoms with E-state index in [-0.39, 0.29) is 5.95 Å². The molecule has 1 saturated heterocycles. The Balaban J connectivity index is 2.03. The van der Waals surface area contributed by atoms with Gasteiger partial charge in [-0.25, -0.2) is 0 Å². The number of hydrogen-bond donors (Lipinski definition) is 1. The molecule has 1 aliphatic rings. The first-order chi connectivity index (χ1) is 9.60. The summed E-state index contributed by atoms with van der Waals surface area (Å²) in [6.45, 7) is 10.9. The Labute approximate surface area is 120 Å². The Morgan fingerprint density at radius 1 is 1.15 bits per heavy atom. The molecule has 7 heteroatoms. The first-order valence-electron chi connectivity index (χ1n) is 7.23. The maximum atomic E-state index is 5.73. The van der Waals surface area contributed by atoms with E-state index in [9.17, 15) is 0 Å². The molecular formula is C13H24N6O. The monoisotopic (exact) mass is 280 g/mol. The van der Waals surface area contributed by atoms with Crippen LogP contribution in [0.1, 0.15) is 27.2 Å². The van der Waals surface area contributed by atoms with Crippen molar-refractivity contribution < 1.29 is 4.74 Å². The Bertz CT molecular complexity index is 431. The summed E-state index contributed by atoms with van der Waals surface area (Å²) in [6, 6.07) is 0.893. The van der Waals surface area contributed by atoms with Gasteiger partial charge in [0.25, 0.3) is 0 Å². The lowest BCUT2D eigenvalue weighted by molar-refractivity contribution is 0.208. The van der Waals surface area contributed by atoms with Crippen molar-refractivity contribution in [3.05, 3.63) is 0 Å². The summed E-state index contributed by atoms with van der Waals surface area (Å²) in [5.74, 6) is 0.833. The lowest BCUT2D eigenvalue weighted by atomic mass is 10.2. The fourth-order valence-corrected chi connectivity index (χ4v) is 2.20. The Morgan fingerprint density at radius 2 is 1.85 bits per heavy atom. The quantitative estimate of drug-likeness (QED) is 0.853. The number of rotatable bonds is 5. The van der Waals surface area contributed by atoms with E-state index >= 15 is 0 Å². The van der Waals surface area contributed by atoms with E-state index in [1.54, 1.807) is 0 Å². The highest BCUT2D eigenvalue weighted by molar-refractivity contribution is 5.36. The minimum atomic E-state index is 0.215. The molecule has 112 valence electrons. The van der Waals surface area contributed by atoms with Crippen molar-refractivity contribution in [1.82, 2.24) is 19.9 Å². The molecule has 0 saturated carbocycles. The summed E-state index contributed by atoms with van der Waals surface area (Å²) in [5, 5.41) is 0. The van der Waals surface area contributed by atoms with Crippen molar-refractivity contribution in [3.63, 3.8) is 0 Å². The van der Waals surface area contributed by atoms with Crippen LogP contribution in [0.2, 0.25) is 0 Å². The average molecular weight is 280 g/mol. The van der Waals surface area contributed by atoms with Gasteiger partial charge in [0.1, 0.15) is 0 Å². The van der Waals surface area contributed by atoms with E-state index in [2.05, 4.69) is 38.6 Å². The van der Waals surface area contributed by atoms with Gasteiger partial charge in [0.2, 0.25) is 11.9 Å². The highest BCUT2D eigenvalue weighted by Crippen LogP contribution is 2.16. The fraction of sp³-hybridized carbons (Fsp3) is 0.769. The highest BCUT2D eigenvalue weighted by Gasteiger charge is 2.21. The van der Waals surface area contributed by atoms with Crippen LogP contribution in [0.25, 0.3) is 0 Å². The number of hydrogen-bond acceptors (Lipinski definition) is 7. The molecule has 0 atom stereocenters. The van der Waals surface area contributed by atoms with Crippen LogP contribution in [-0.2, 0) is 0 Å². The molecule has 2 heterocycles. The second-order valence-corrected chi connectivity index (χ2v) is 5.24. The van der Waals surface area contributed by atoms with E-state index in [0.29, 0.717) is 24.6 Å². The number of ether oxygens (including phenoxy) is 1. The summed E-state index contributed by atoms with van der Waals surface area (Å²) in [7, 11) is 0. The predicted octanol–water partition coefficient (Wildman–Crippen LogP) is 0.773. The summed E-state index contributed by atoms with van der Waals surface area (Å²) in [5.41, 5.74) is 5.73. The third-order valence-corrected chi connectivity index (χ3v) is 3.38. The van der Waals surface area contributed by atoms with Gasteiger partial charge in [-0.3, -0.25) is 4.90 Å². The van der Waals surface area contributed by atoms with Crippen LogP contribution in [0.3, 0.4) is 0 Å². The van der Waals surface area contributed by atoms with Gasteiger partial charge in [-0.1, -0.05) is 6.92 Å². The van der Waals surface area contributed by atoms with Crippen molar-refractivity contribution in [1.29, 1.82) is 0 Å². The van der Waals surface area contributed by atoms with Crippen LogP contribution in [0.5, 0.6) is 6.01 Å². The second kappa shape index (κ2) is 6.69. The minimum absolute atomic E-state index is 0.215. The lowest BCUT2D eigenvalue weighted by Gasteiger charge is -2.36. The van der Waals surface area contributed by atoms with Crippen molar-refractivity contribution in [3.8, 4) is 6.01 Å². The Kier molecular flexibility index (Phi) is 4.94. The van der Waals surface area contributed by atoms with E-state index < -0.39 is 0 Å². The fourth-order valence-electron chi connectivity index (χ4n) is 2.20. The van der Waals surface area contributed by atoms with Crippen LogP contribution in [0.4, 0.5) is 11.9 Å². The van der Waals surface area contributed by atoms with E-state index in [1.807, 2.05) is 6.92 Å². The molecule has 20 heavy (non-hydrogen) atoms. The molecule has 1 fully saturated rings. The van der Waals surface area contributed by atoms with Crippen LogP contribution in [0.15, 0.2) is 0 Å². The number of piperazine rings is 1. The highest BCUT2D eigenvalue weighted by atomic mass is 16.5. The van der Waals surface area contributed by atoms with Gasteiger partial charge in [-0.15, -0.1) is 0 Å². The van der Waals surface area contributed by atoms with Crippen molar-refractivity contribution in [2.24, 2.45) is 0 Å². The van der Waals surface area contributed by atoms with E-state index in [1.165, 1.54) is 0 Å². The van der Waals surface area contributed by atoms with Gasteiger partial charge in [-0.2, -0.15) is 15.0 Å². The zero-order valence-electron chi connectivity index (χ0n) is 12.5. The molecule has 2 N–H and O–H groups in total. The third-order valence-electron chi connectivity index (χ3n) is 3.38. The Hall–Kier alpha value is -1.63. The van der Waals surface area contributed by atoms with E-state index in [0.717, 1.165) is 32.6 Å². The Morgan fingerprint density at radius 3 is 2.45 bits per heavy atom. The average Bonchev–Trinajstić information content (AvgIpc) is 2.44. The van der Waals surface area contributed by atoms with Crippen molar-refractivity contribution in [2.75, 3.05) is 43.4 Å². The summed E-state index contributed by atoms with van der Waals surface area (Å²) >= 11 is 0. The van der Waals surface area contributed by atoms with Crippen LogP contribution in [-0.4, -0.2) is 58.7 Å². The number of nitrogens with zero attached hydrogens (tertiary/aromatic N) is 5. The lowest BCUT2D eigenvalue weighted by Crippen LogP contribution is -2.49. The molecular weight excluding hydrogens is 256 g/mol. The van der Waals surface area contributed by atoms with Gasteiger partial charge >= 0.3 is 6.01 Å². The summed E-state index contributed by atoms with van der Waals surface area (Å²) < 4.78 is 5.45. The first kappa shape index (κ1) is 14.8. The molecule has 1 aliphatic heterocycles. The number of aromatic nitrogens is 3. The third kappa shape index (κ3) is 3.69. The van der Waals surface area contributed by atoms with E-state index in [4.69, 9.17) is 10.5 Å². The molecule has 0 aliphatic carbocycles. The molecule has 0 unspecified atom stereocenters. The summed E-state index contributed by atoms with van der Waals surface area (Å²) in [4.78, 5) is 17.1. The van der Waals surface area contributed by atoms with Gasteiger partial charge < -0.3 is 15.4 Å². The predicted molar refractivity (Wildman–Crippen MR) is 78.9 cm³/mol. The van der Waals surface area contributed by atoms with Crippen molar-refractivity contribution in [2.45, 2.75) is 33.2 Å². The largest absolute Gasteiger partial charge is 0.463 e. The maximum Gasteiger partial charge on any atom is 0.323 e. The number of nitrogen functional groups attached to an aromatic ring is 1.